The highest BCUT2D eigenvalue weighted by molar-refractivity contribution is 7.89. The molecule has 140 valence electrons. The molecular formula is C16H18F2N4O3S. The average molecular weight is 384 g/mol. The monoisotopic (exact) mass is 384 g/mol. The highest BCUT2D eigenvalue weighted by Gasteiger charge is 2.33. The van der Waals surface area contributed by atoms with Gasteiger partial charge in [0.15, 0.2) is 10.7 Å². The van der Waals surface area contributed by atoms with Gasteiger partial charge < -0.3 is 9.47 Å². The van der Waals surface area contributed by atoms with E-state index in [0.29, 0.717) is 6.54 Å². The highest BCUT2D eigenvalue weighted by atomic mass is 32.2. The molecule has 10 heteroatoms. The van der Waals surface area contributed by atoms with Gasteiger partial charge in [-0.25, -0.2) is 22.2 Å². The van der Waals surface area contributed by atoms with Crippen molar-refractivity contribution < 1.29 is 17.2 Å². The van der Waals surface area contributed by atoms with E-state index in [0.717, 1.165) is 22.5 Å². The summed E-state index contributed by atoms with van der Waals surface area (Å²) in [6.45, 7) is 2.72. The average Bonchev–Trinajstić information content (AvgIpc) is 2.62. The van der Waals surface area contributed by atoms with Crippen LogP contribution in [0.5, 0.6) is 0 Å². The minimum Gasteiger partial charge on any atom is -0.349 e. The molecule has 0 N–H and O–H groups in total. The second kappa shape index (κ2) is 7.12. The number of nitrogens with zero attached hydrogens (tertiary/aromatic N) is 4. The summed E-state index contributed by atoms with van der Waals surface area (Å²) in [5.74, 6) is -2.01. The van der Waals surface area contributed by atoms with Gasteiger partial charge in [-0.05, 0) is 19.1 Å². The van der Waals surface area contributed by atoms with E-state index in [1.807, 2.05) is 6.92 Å². The summed E-state index contributed by atoms with van der Waals surface area (Å²) in [5, 5.41) is 0. The highest BCUT2D eigenvalue weighted by Crippen LogP contribution is 2.24. The molecule has 2 aromatic rings. The number of aromatic nitrogens is 2. The predicted molar refractivity (Wildman–Crippen MR) is 91.5 cm³/mol. The Morgan fingerprint density at radius 2 is 1.73 bits per heavy atom. The van der Waals surface area contributed by atoms with Crippen LogP contribution in [0.25, 0.3) is 0 Å². The molecule has 0 amide bonds. The van der Waals surface area contributed by atoms with Crippen LogP contribution in [0.1, 0.15) is 6.92 Å². The van der Waals surface area contributed by atoms with E-state index in [-0.39, 0.29) is 37.6 Å². The molecule has 1 aromatic heterocycles. The van der Waals surface area contributed by atoms with E-state index in [1.54, 1.807) is 11.1 Å². The van der Waals surface area contributed by atoms with Crippen LogP contribution >= 0.6 is 0 Å². The zero-order valence-corrected chi connectivity index (χ0v) is 14.9. The Hall–Kier alpha value is -2.33. The Morgan fingerprint density at radius 1 is 1.12 bits per heavy atom. The van der Waals surface area contributed by atoms with Gasteiger partial charge in [-0.3, -0.25) is 4.79 Å². The fourth-order valence-corrected chi connectivity index (χ4v) is 4.43. The van der Waals surface area contributed by atoms with Crippen molar-refractivity contribution in [1.82, 2.24) is 13.9 Å². The number of hydrogen-bond donors (Lipinski definition) is 0. The first kappa shape index (κ1) is 18.5. The van der Waals surface area contributed by atoms with Gasteiger partial charge in [0.2, 0.25) is 10.0 Å². The standard InChI is InChI=1S/C16H18F2N4O3S/c1-2-20-7-6-19-15(16(20)23)21-8-10-22(11-9-21)26(24,25)14-12(17)4-3-5-13(14)18/h3-7H,2,8-11H2,1H3. The molecule has 1 saturated heterocycles. The van der Waals surface area contributed by atoms with Crippen molar-refractivity contribution in [2.75, 3.05) is 31.1 Å². The summed E-state index contributed by atoms with van der Waals surface area (Å²) in [7, 11) is -4.30. The Morgan fingerprint density at radius 3 is 2.31 bits per heavy atom. The number of halogens is 2. The van der Waals surface area contributed by atoms with Crippen LogP contribution in [0.4, 0.5) is 14.6 Å². The molecule has 26 heavy (non-hydrogen) atoms. The Bertz CT molecular complexity index is 949. The molecule has 1 aliphatic heterocycles. The van der Waals surface area contributed by atoms with Gasteiger partial charge in [-0.1, -0.05) is 6.07 Å². The lowest BCUT2D eigenvalue weighted by Crippen LogP contribution is -2.50. The minimum absolute atomic E-state index is 0.00174. The minimum atomic E-state index is -4.30. The topological polar surface area (TPSA) is 75.5 Å². The van der Waals surface area contributed by atoms with Crippen LogP contribution in [-0.4, -0.2) is 48.5 Å². The maximum atomic E-state index is 13.9. The van der Waals surface area contributed by atoms with E-state index in [1.165, 1.54) is 10.8 Å². The largest absolute Gasteiger partial charge is 0.349 e. The second-order valence-electron chi connectivity index (χ2n) is 5.78. The number of aryl methyl sites for hydroxylation is 1. The molecule has 1 aliphatic rings. The molecule has 0 aliphatic carbocycles. The molecule has 0 bridgehead atoms. The van der Waals surface area contributed by atoms with Crippen LogP contribution in [0.2, 0.25) is 0 Å². The third kappa shape index (κ3) is 3.21. The van der Waals surface area contributed by atoms with Gasteiger partial charge in [-0.2, -0.15) is 4.31 Å². The van der Waals surface area contributed by atoms with Crippen LogP contribution in [-0.2, 0) is 16.6 Å². The van der Waals surface area contributed by atoms with Gasteiger partial charge in [-0.15, -0.1) is 0 Å². The van der Waals surface area contributed by atoms with E-state index in [4.69, 9.17) is 0 Å². The third-order valence-corrected chi connectivity index (χ3v) is 6.24. The van der Waals surface area contributed by atoms with Crippen molar-refractivity contribution in [2.45, 2.75) is 18.4 Å². The van der Waals surface area contributed by atoms with Gasteiger partial charge >= 0.3 is 0 Å². The Kier molecular flexibility index (Phi) is 5.05. The van der Waals surface area contributed by atoms with Crippen molar-refractivity contribution in [2.24, 2.45) is 0 Å². The van der Waals surface area contributed by atoms with E-state index in [9.17, 15) is 22.0 Å². The molecule has 2 heterocycles. The quantitative estimate of drug-likeness (QED) is 0.788. The lowest BCUT2D eigenvalue weighted by Gasteiger charge is -2.34. The number of anilines is 1. The van der Waals surface area contributed by atoms with Crippen molar-refractivity contribution in [1.29, 1.82) is 0 Å². The first-order chi connectivity index (χ1) is 12.4. The van der Waals surface area contributed by atoms with Crippen molar-refractivity contribution in [3.63, 3.8) is 0 Å². The van der Waals surface area contributed by atoms with Gasteiger partial charge in [0.05, 0.1) is 0 Å². The van der Waals surface area contributed by atoms with Gasteiger partial charge in [0.1, 0.15) is 11.6 Å². The van der Waals surface area contributed by atoms with Crippen LogP contribution in [0, 0.1) is 11.6 Å². The summed E-state index contributed by atoms with van der Waals surface area (Å²) < 4.78 is 55.4. The van der Waals surface area contributed by atoms with Crippen LogP contribution in [0.3, 0.4) is 0 Å². The fraction of sp³-hybridized carbons (Fsp3) is 0.375. The molecule has 1 fully saturated rings. The molecule has 1 aromatic carbocycles. The summed E-state index contributed by atoms with van der Waals surface area (Å²) in [6, 6.07) is 2.93. The SMILES string of the molecule is CCn1ccnc(N2CCN(S(=O)(=O)c3c(F)cccc3F)CC2)c1=O. The number of piperazine rings is 1. The first-order valence-electron chi connectivity index (χ1n) is 8.10. The van der Waals surface area contributed by atoms with Crippen LogP contribution < -0.4 is 10.5 Å². The first-order valence-corrected chi connectivity index (χ1v) is 9.54. The van der Waals surface area contributed by atoms with E-state index in [2.05, 4.69) is 4.98 Å². The molecule has 0 unspecified atom stereocenters. The van der Waals surface area contributed by atoms with Crippen molar-refractivity contribution in [3.05, 3.63) is 52.6 Å². The van der Waals surface area contributed by atoms with E-state index < -0.39 is 26.6 Å². The summed E-state index contributed by atoms with van der Waals surface area (Å²) in [4.78, 5) is 17.1. The molecule has 0 saturated carbocycles. The number of sulfonamides is 1. The van der Waals surface area contributed by atoms with Crippen molar-refractivity contribution in [3.8, 4) is 0 Å². The Balaban J connectivity index is 1.82. The third-order valence-electron chi connectivity index (χ3n) is 4.29. The van der Waals surface area contributed by atoms with E-state index >= 15 is 0 Å². The zero-order valence-electron chi connectivity index (χ0n) is 14.1. The zero-order chi connectivity index (χ0) is 18.9. The van der Waals surface area contributed by atoms with Gasteiger partial charge in [0, 0.05) is 45.1 Å². The predicted octanol–water partition coefficient (Wildman–Crippen LogP) is 1.05. The van der Waals surface area contributed by atoms with Crippen molar-refractivity contribution >= 4 is 15.8 Å². The molecule has 0 radical (unpaired) electrons. The smallest absolute Gasteiger partial charge is 0.293 e. The summed E-state index contributed by atoms with van der Waals surface area (Å²) in [6.07, 6.45) is 3.09. The lowest BCUT2D eigenvalue weighted by molar-refractivity contribution is 0.377. The lowest BCUT2D eigenvalue weighted by atomic mass is 10.3. The molecule has 7 nitrogen and oxygen atoms in total. The number of benzene rings is 1. The number of rotatable bonds is 4. The number of hydrogen-bond acceptors (Lipinski definition) is 5. The molecule has 3 rings (SSSR count). The maximum Gasteiger partial charge on any atom is 0.293 e. The molecule has 0 atom stereocenters. The molecule has 0 spiro atoms. The molecular weight excluding hydrogens is 366 g/mol. The van der Waals surface area contributed by atoms with Gasteiger partial charge in [0.25, 0.3) is 5.56 Å². The Labute approximate surface area is 149 Å². The summed E-state index contributed by atoms with van der Waals surface area (Å²) >= 11 is 0. The maximum absolute atomic E-state index is 13.9. The fourth-order valence-electron chi connectivity index (χ4n) is 2.90. The summed E-state index contributed by atoms with van der Waals surface area (Å²) in [5.41, 5.74) is -0.258. The second-order valence-corrected chi connectivity index (χ2v) is 7.66. The normalized spacial score (nSPS) is 16.0. The van der Waals surface area contributed by atoms with Crippen LogP contribution in [0.15, 0.2) is 40.3 Å².